The van der Waals surface area contributed by atoms with Gasteiger partial charge in [-0.2, -0.15) is 5.26 Å². The van der Waals surface area contributed by atoms with Crippen molar-refractivity contribution >= 4 is 0 Å². The molecule has 1 aromatic carbocycles. The fraction of sp³-hybridized carbons (Fsp3) is 0.611. The van der Waals surface area contributed by atoms with E-state index in [2.05, 4.69) is 11.0 Å². The van der Waals surface area contributed by atoms with Gasteiger partial charge >= 0.3 is 0 Å². The minimum absolute atomic E-state index is 0.721. The molecule has 1 saturated carbocycles. The number of nitriles is 1. The van der Waals surface area contributed by atoms with Crippen LogP contribution in [0.1, 0.15) is 43.2 Å². The van der Waals surface area contributed by atoms with E-state index in [0.29, 0.717) is 0 Å². The van der Waals surface area contributed by atoms with Gasteiger partial charge in [0.25, 0.3) is 0 Å². The molecule has 112 valence electrons. The Hall–Kier alpha value is -1.53. The van der Waals surface area contributed by atoms with Crippen molar-refractivity contribution in [3.8, 4) is 11.8 Å². The maximum Gasteiger partial charge on any atom is 0.123 e. The zero-order valence-corrected chi connectivity index (χ0v) is 12.8. The summed E-state index contributed by atoms with van der Waals surface area (Å²) in [5, 5.41) is 9.08. The normalized spacial score (nSPS) is 25.9. The molecular weight excluding hydrogens is 260 g/mol. The second-order valence-corrected chi connectivity index (χ2v) is 6.47. The predicted octanol–water partition coefficient (Wildman–Crippen LogP) is 3.58. The van der Waals surface area contributed by atoms with Crippen LogP contribution >= 0.6 is 0 Å². The molecule has 1 aromatic rings. The molecule has 21 heavy (non-hydrogen) atoms. The predicted molar refractivity (Wildman–Crippen MR) is 83.1 cm³/mol. The zero-order chi connectivity index (χ0) is 14.7. The van der Waals surface area contributed by atoms with Gasteiger partial charge in [0, 0.05) is 18.7 Å². The molecule has 0 radical (unpaired) electrons. The molecule has 2 unspecified atom stereocenters. The molecular formula is C18H24N2O. The standard InChI is InChI=1S/C18H24N2O/c1-21-18-7-6-14(11-19)10-17(18)13-20-9-8-15-4-2-3-5-16(15)12-20/h6-7,10,15-16H,2-5,8-9,12-13H2,1H3. The molecule has 0 aromatic heterocycles. The molecule has 1 saturated heterocycles. The molecule has 0 spiro atoms. The molecule has 3 nitrogen and oxygen atoms in total. The first-order chi connectivity index (χ1) is 10.3. The highest BCUT2D eigenvalue weighted by atomic mass is 16.5. The Morgan fingerprint density at radius 1 is 1.24 bits per heavy atom. The first-order valence-corrected chi connectivity index (χ1v) is 8.09. The maximum atomic E-state index is 9.08. The van der Waals surface area contributed by atoms with Crippen molar-refractivity contribution in [2.24, 2.45) is 11.8 Å². The summed E-state index contributed by atoms with van der Waals surface area (Å²) in [5.41, 5.74) is 1.86. The number of piperidine rings is 1. The fourth-order valence-electron chi connectivity index (χ4n) is 4.03. The molecule has 3 rings (SSSR count). The van der Waals surface area contributed by atoms with Gasteiger partial charge in [0.05, 0.1) is 18.7 Å². The second kappa shape index (κ2) is 6.49. The summed E-state index contributed by atoms with van der Waals surface area (Å²) in [7, 11) is 1.71. The Balaban J connectivity index is 1.70. The van der Waals surface area contributed by atoms with E-state index in [4.69, 9.17) is 10.00 Å². The van der Waals surface area contributed by atoms with Gasteiger partial charge in [-0.3, -0.25) is 4.90 Å². The third-order valence-electron chi connectivity index (χ3n) is 5.18. The van der Waals surface area contributed by atoms with Gasteiger partial charge in [-0.1, -0.05) is 19.3 Å². The third kappa shape index (κ3) is 3.22. The van der Waals surface area contributed by atoms with Gasteiger partial charge in [0.1, 0.15) is 5.75 Å². The highest BCUT2D eigenvalue weighted by Gasteiger charge is 2.31. The van der Waals surface area contributed by atoms with Crippen molar-refractivity contribution in [2.75, 3.05) is 20.2 Å². The molecule has 2 aliphatic rings. The van der Waals surface area contributed by atoms with Crippen molar-refractivity contribution in [1.82, 2.24) is 4.90 Å². The molecule has 2 atom stereocenters. The molecule has 1 aliphatic heterocycles. The van der Waals surface area contributed by atoms with Crippen molar-refractivity contribution in [2.45, 2.75) is 38.6 Å². The topological polar surface area (TPSA) is 36.3 Å². The maximum absolute atomic E-state index is 9.08. The van der Waals surface area contributed by atoms with E-state index in [1.165, 1.54) is 45.2 Å². The number of rotatable bonds is 3. The van der Waals surface area contributed by atoms with Crippen LogP contribution in [0, 0.1) is 23.2 Å². The first-order valence-electron chi connectivity index (χ1n) is 8.09. The summed E-state index contributed by atoms with van der Waals surface area (Å²) in [4.78, 5) is 2.55. The van der Waals surface area contributed by atoms with Crippen LogP contribution in [0.5, 0.6) is 5.75 Å². The van der Waals surface area contributed by atoms with E-state index in [1.807, 2.05) is 18.2 Å². The lowest BCUT2D eigenvalue weighted by molar-refractivity contribution is 0.0815. The van der Waals surface area contributed by atoms with Gasteiger partial charge in [-0.25, -0.2) is 0 Å². The highest BCUT2D eigenvalue weighted by molar-refractivity contribution is 5.42. The Morgan fingerprint density at radius 3 is 2.81 bits per heavy atom. The van der Waals surface area contributed by atoms with Crippen LogP contribution in [0.4, 0.5) is 0 Å². The molecule has 1 heterocycles. The Labute approximate surface area is 127 Å². The molecule has 2 fully saturated rings. The van der Waals surface area contributed by atoms with E-state index in [1.54, 1.807) is 7.11 Å². The number of methoxy groups -OCH3 is 1. The number of hydrogen-bond donors (Lipinski definition) is 0. The summed E-state index contributed by atoms with van der Waals surface area (Å²) in [6, 6.07) is 7.95. The van der Waals surface area contributed by atoms with E-state index in [-0.39, 0.29) is 0 Å². The Kier molecular flexibility index (Phi) is 4.45. The van der Waals surface area contributed by atoms with Crippen LogP contribution in [-0.2, 0) is 6.54 Å². The summed E-state index contributed by atoms with van der Waals surface area (Å²) in [6.45, 7) is 3.30. The Morgan fingerprint density at radius 2 is 2.05 bits per heavy atom. The van der Waals surface area contributed by atoms with Crippen LogP contribution < -0.4 is 4.74 Å². The number of likely N-dealkylation sites (tertiary alicyclic amines) is 1. The summed E-state index contributed by atoms with van der Waals surface area (Å²) < 4.78 is 5.46. The van der Waals surface area contributed by atoms with E-state index < -0.39 is 0 Å². The van der Waals surface area contributed by atoms with E-state index in [0.717, 1.165) is 35.3 Å². The molecule has 0 bridgehead atoms. The molecule has 0 N–H and O–H groups in total. The van der Waals surface area contributed by atoms with Crippen LogP contribution in [0.15, 0.2) is 18.2 Å². The lowest BCUT2D eigenvalue weighted by Crippen LogP contribution is -2.41. The van der Waals surface area contributed by atoms with Crippen LogP contribution in [-0.4, -0.2) is 25.1 Å². The number of ether oxygens (including phenoxy) is 1. The zero-order valence-electron chi connectivity index (χ0n) is 12.8. The summed E-state index contributed by atoms with van der Waals surface area (Å²) >= 11 is 0. The van der Waals surface area contributed by atoms with Gasteiger partial charge in [-0.05, 0) is 49.4 Å². The quantitative estimate of drug-likeness (QED) is 0.851. The monoisotopic (exact) mass is 284 g/mol. The summed E-state index contributed by atoms with van der Waals surface area (Å²) in [6.07, 6.45) is 7.01. The smallest absolute Gasteiger partial charge is 0.123 e. The molecule has 0 amide bonds. The fourth-order valence-corrected chi connectivity index (χ4v) is 4.03. The highest BCUT2D eigenvalue weighted by Crippen LogP contribution is 2.36. The molecule has 1 aliphatic carbocycles. The average Bonchev–Trinajstić information content (AvgIpc) is 2.54. The molecule has 3 heteroatoms. The van der Waals surface area contributed by atoms with E-state index in [9.17, 15) is 0 Å². The van der Waals surface area contributed by atoms with Crippen LogP contribution in [0.25, 0.3) is 0 Å². The largest absolute Gasteiger partial charge is 0.496 e. The van der Waals surface area contributed by atoms with Crippen molar-refractivity contribution in [3.63, 3.8) is 0 Å². The minimum atomic E-state index is 0.721. The van der Waals surface area contributed by atoms with Crippen molar-refractivity contribution < 1.29 is 4.74 Å². The van der Waals surface area contributed by atoms with Crippen LogP contribution in [0.3, 0.4) is 0 Å². The third-order valence-corrected chi connectivity index (χ3v) is 5.18. The van der Waals surface area contributed by atoms with Crippen LogP contribution in [0.2, 0.25) is 0 Å². The van der Waals surface area contributed by atoms with Gasteiger partial charge in [0.2, 0.25) is 0 Å². The lowest BCUT2D eigenvalue weighted by Gasteiger charge is -2.41. The number of fused-ring (bicyclic) bond motifs is 1. The summed E-state index contributed by atoms with van der Waals surface area (Å²) in [5.74, 6) is 2.75. The minimum Gasteiger partial charge on any atom is -0.496 e. The average molecular weight is 284 g/mol. The number of nitrogens with zero attached hydrogens (tertiary/aromatic N) is 2. The lowest BCUT2D eigenvalue weighted by atomic mass is 9.75. The SMILES string of the molecule is COc1ccc(C#N)cc1CN1CCC2CCCCC2C1. The van der Waals surface area contributed by atoms with Crippen molar-refractivity contribution in [1.29, 1.82) is 5.26 Å². The van der Waals surface area contributed by atoms with Gasteiger partial charge < -0.3 is 4.74 Å². The second-order valence-electron chi connectivity index (χ2n) is 6.47. The van der Waals surface area contributed by atoms with E-state index >= 15 is 0 Å². The van der Waals surface area contributed by atoms with Crippen molar-refractivity contribution in [3.05, 3.63) is 29.3 Å². The van der Waals surface area contributed by atoms with Gasteiger partial charge in [0.15, 0.2) is 0 Å². The number of benzene rings is 1. The van der Waals surface area contributed by atoms with Gasteiger partial charge in [-0.15, -0.1) is 0 Å². The Bertz CT molecular complexity index is 535. The first kappa shape index (κ1) is 14.4. The number of hydrogen-bond acceptors (Lipinski definition) is 3.